The van der Waals surface area contributed by atoms with Crippen LogP contribution in [-0.2, 0) is 21.3 Å². The minimum Gasteiger partial charge on any atom is -0.726 e. The summed E-state index contributed by atoms with van der Waals surface area (Å²) in [5, 5.41) is -0.0337. The van der Waals surface area contributed by atoms with Gasteiger partial charge in [-0.1, -0.05) is 60.7 Å². The molecule has 0 aliphatic heterocycles. The SMILES string of the molecule is C[S+](C)C(C(=O)c1ccccc1)c1ccccc1.O=S(=O)([O-])O. The van der Waals surface area contributed by atoms with E-state index in [2.05, 4.69) is 12.5 Å². The van der Waals surface area contributed by atoms with Crippen LogP contribution in [0.25, 0.3) is 0 Å². The zero-order valence-corrected chi connectivity index (χ0v) is 14.4. The van der Waals surface area contributed by atoms with Gasteiger partial charge in [0.15, 0.2) is 0 Å². The molecule has 2 rings (SSSR count). The maximum absolute atomic E-state index is 12.6. The van der Waals surface area contributed by atoms with Crippen LogP contribution in [0.2, 0.25) is 0 Å². The average Bonchev–Trinajstić information content (AvgIpc) is 2.47. The zero-order chi connectivity index (χ0) is 17.5. The molecule has 0 saturated carbocycles. The van der Waals surface area contributed by atoms with Crippen molar-refractivity contribution in [3.63, 3.8) is 0 Å². The standard InChI is InChI=1S/C16H17OS.H2O4S/c1-18(2)16(14-11-7-4-8-12-14)15(17)13-9-5-3-6-10-13;1-5(2,3)4/h3-12,16H,1-2H3;(H2,1,2,3,4)/q+1;/p-1. The van der Waals surface area contributed by atoms with Gasteiger partial charge in [0.2, 0.25) is 21.4 Å². The molecule has 5 nitrogen and oxygen atoms in total. The molecular formula is C16H18O5S2. The first kappa shape index (κ1) is 19.4. The third-order valence-corrected chi connectivity index (χ3v) is 4.30. The molecule has 0 aliphatic carbocycles. The molecule has 0 heterocycles. The lowest BCUT2D eigenvalue weighted by molar-refractivity contribution is 0.0988. The van der Waals surface area contributed by atoms with E-state index in [0.717, 1.165) is 11.1 Å². The van der Waals surface area contributed by atoms with Crippen molar-refractivity contribution in [1.29, 1.82) is 0 Å². The summed E-state index contributed by atoms with van der Waals surface area (Å²) in [4.78, 5) is 12.6. The number of benzene rings is 2. The van der Waals surface area contributed by atoms with E-state index in [-0.39, 0.29) is 21.9 Å². The second-order valence-corrected chi connectivity index (χ2v) is 7.91. The van der Waals surface area contributed by atoms with Crippen molar-refractivity contribution in [3.05, 3.63) is 71.8 Å². The lowest BCUT2D eigenvalue weighted by Gasteiger charge is -2.13. The van der Waals surface area contributed by atoms with Gasteiger partial charge < -0.3 is 4.55 Å². The van der Waals surface area contributed by atoms with E-state index in [0.29, 0.717) is 0 Å². The molecule has 0 aromatic heterocycles. The van der Waals surface area contributed by atoms with E-state index in [4.69, 9.17) is 17.5 Å². The van der Waals surface area contributed by atoms with Crippen LogP contribution in [0.4, 0.5) is 0 Å². The van der Waals surface area contributed by atoms with E-state index in [9.17, 15) is 4.79 Å². The molecule has 124 valence electrons. The molecule has 0 amide bonds. The number of Topliss-reactive ketones (excluding diaryl/α,β-unsaturated/α-hetero) is 1. The normalized spacial score (nSPS) is 12.2. The van der Waals surface area contributed by atoms with Gasteiger partial charge in [0.1, 0.15) is 0 Å². The molecule has 0 radical (unpaired) electrons. The summed E-state index contributed by atoms with van der Waals surface area (Å²) in [5.41, 5.74) is 1.91. The number of hydrogen-bond acceptors (Lipinski definition) is 4. The van der Waals surface area contributed by atoms with Gasteiger partial charge in [-0.05, 0) is 10.9 Å². The van der Waals surface area contributed by atoms with Crippen LogP contribution in [0, 0.1) is 0 Å². The van der Waals surface area contributed by atoms with Crippen molar-refractivity contribution in [2.24, 2.45) is 0 Å². The predicted octanol–water partition coefficient (Wildman–Crippen LogP) is 2.49. The Morgan fingerprint density at radius 1 is 1.00 bits per heavy atom. The first-order chi connectivity index (χ1) is 10.7. The van der Waals surface area contributed by atoms with Crippen LogP contribution in [0.5, 0.6) is 0 Å². The first-order valence-electron chi connectivity index (χ1n) is 6.59. The van der Waals surface area contributed by atoms with Crippen molar-refractivity contribution >= 4 is 27.1 Å². The molecule has 0 bridgehead atoms. The van der Waals surface area contributed by atoms with Crippen LogP contribution in [0.15, 0.2) is 60.7 Å². The summed E-state index contributed by atoms with van der Waals surface area (Å²) < 4.78 is 32.8. The van der Waals surface area contributed by atoms with E-state index < -0.39 is 10.4 Å². The topological polar surface area (TPSA) is 94.5 Å². The highest BCUT2D eigenvalue weighted by Gasteiger charge is 2.32. The molecule has 1 atom stereocenters. The Labute approximate surface area is 139 Å². The number of carbonyl (C=O) groups is 1. The summed E-state index contributed by atoms with van der Waals surface area (Å²) in [5.74, 6) is 0.218. The molecular weight excluding hydrogens is 336 g/mol. The minimum atomic E-state index is -4.92. The summed E-state index contributed by atoms with van der Waals surface area (Å²) >= 11 is 0. The van der Waals surface area contributed by atoms with Gasteiger partial charge >= 0.3 is 0 Å². The van der Waals surface area contributed by atoms with Crippen LogP contribution in [-0.4, -0.2) is 35.8 Å². The van der Waals surface area contributed by atoms with Crippen LogP contribution in [0.3, 0.4) is 0 Å². The maximum atomic E-state index is 12.6. The molecule has 1 N–H and O–H groups in total. The summed E-state index contributed by atoms with van der Waals surface area (Å²) in [7, 11) is -4.90. The first-order valence-corrected chi connectivity index (χ1v) is 10.1. The van der Waals surface area contributed by atoms with E-state index in [1.54, 1.807) is 0 Å². The van der Waals surface area contributed by atoms with Gasteiger partial charge in [0, 0.05) is 11.1 Å². The Morgan fingerprint density at radius 2 is 1.39 bits per heavy atom. The van der Waals surface area contributed by atoms with E-state index >= 15 is 0 Å². The molecule has 2 aromatic carbocycles. The van der Waals surface area contributed by atoms with Crippen molar-refractivity contribution in [3.8, 4) is 0 Å². The van der Waals surface area contributed by atoms with E-state index in [1.807, 2.05) is 60.7 Å². The highest BCUT2D eigenvalue weighted by Crippen LogP contribution is 2.26. The minimum absolute atomic E-state index is 0.0155. The van der Waals surface area contributed by atoms with Gasteiger partial charge in [-0.3, -0.25) is 9.35 Å². The third-order valence-electron chi connectivity index (χ3n) is 2.87. The Kier molecular flexibility index (Phi) is 7.44. The van der Waals surface area contributed by atoms with Crippen LogP contribution < -0.4 is 0 Å². The average molecular weight is 354 g/mol. The molecule has 1 unspecified atom stereocenters. The molecule has 0 aliphatic rings. The molecule has 0 saturated heterocycles. The van der Waals surface area contributed by atoms with Gasteiger partial charge in [0.25, 0.3) is 0 Å². The van der Waals surface area contributed by atoms with Crippen molar-refractivity contribution in [2.75, 3.05) is 12.5 Å². The fourth-order valence-electron chi connectivity index (χ4n) is 2.02. The fourth-order valence-corrected chi connectivity index (χ4v) is 3.28. The highest BCUT2D eigenvalue weighted by molar-refractivity contribution is 7.96. The Balaban J connectivity index is 0.000000463. The Hall–Kier alpha value is -1.67. The van der Waals surface area contributed by atoms with E-state index in [1.165, 1.54) is 0 Å². The second-order valence-electron chi connectivity index (χ2n) is 4.83. The van der Waals surface area contributed by atoms with Gasteiger partial charge in [0.05, 0.1) is 12.5 Å². The monoisotopic (exact) mass is 354 g/mol. The molecule has 0 spiro atoms. The molecule has 7 heteroatoms. The fraction of sp³-hybridized carbons (Fsp3) is 0.188. The highest BCUT2D eigenvalue weighted by atomic mass is 32.3. The Bertz CT molecular complexity index is 705. The summed E-state index contributed by atoms with van der Waals surface area (Å²) in [6.07, 6.45) is 4.25. The number of ketones is 1. The summed E-state index contributed by atoms with van der Waals surface area (Å²) in [6.45, 7) is 0. The third kappa shape index (κ3) is 7.43. The zero-order valence-electron chi connectivity index (χ0n) is 12.7. The van der Waals surface area contributed by atoms with Gasteiger partial charge in [-0.15, -0.1) is 0 Å². The van der Waals surface area contributed by atoms with Crippen LogP contribution in [0.1, 0.15) is 21.2 Å². The Morgan fingerprint density at radius 3 is 1.78 bits per heavy atom. The van der Waals surface area contributed by atoms with Crippen molar-refractivity contribution in [2.45, 2.75) is 5.25 Å². The summed E-state index contributed by atoms with van der Waals surface area (Å²) in [6, 6.07) is 19.6. The van der Waals surface area contributed by atoms with Crippen LogP contribution >= 0.6 is 0 Å². The van der Waals surface area contributed by atoms with Gasteiger partial charge in [-0.25, -0.2) is 8.42 Å². The lowest BCUT2D eigenvalue weighted by atomic mass is 10.0. The van der Waals surface area contributed by atoms with Crippen molar-refractivity contribution in [1.82, 2.24) is 0 Å². The largest absolute Gasteiger partial charge is 0.726 e. The maximum Gasteiger partial charge on any atom is 0.219 e. The predicted molar refractivity (Wildman–Crippen MR) is 91.5 cm³/mol. The van der Waals surface area contributed by atoms with Crippen molar-refractivity contribution < 1.29 is 22.3 Å². The second kappa shape index (κ2) is 8.83. The molecule has 23 heavy (non-hydrogen) atoms. The number of rotatable bonds is 4. The van der Waals surface area contributed by atoms with Gasteiger partial charge in [-0.2, -0.15) is 0 Å². The number of hydrogen-bond donors (Lipinski definition) is 1. The molecule has 2 aromatic rings. The molecule has 0 fully saturated rings. The number of carbonyl (C=O) groups excluding carboxylic acids is 1. The quantitative estimate of drug-likeness (QED) is 0.394. The smallest absolute Gasteiger partial charge is 0.219 e. The lowest BCUT2D eigenvalue weighted by Crippen LogP contribution is -2.20.